The zero-order valence-electron chi connectivity index (χ0n) is 11.0. The molecule has 0 saturated heterocycles. The maximum absolute atomic E-state index is 11.6. The van der Waals surface area contributed by atoms with Gasteiger partial charge in [0.1, 0.15) is 9.79 Å². The molecule has 0 unspecified atom stereocenters. The molecule has 0 aliphatic rings. The molecule has 0 amide bonds. The van der Waals surface area contributed by atoms with Crippen LogP contribution in [-0.2, 0) is 20.2 Å². The first-order valence-corrected chi connectivity index (χ1v) is 8.64. The number of hydrogen-bond donors (Lipinski definition) is 4. The van der Waals surface area contributed by atoms with Crippen molar-refractivity contribution in [1.29, 1.82) is 0 Å². The first-order chi connectivity index (χ1) is 10.0. The van der Waals surface area contributed by atoms with Crippen molar-refractivity contribution in [2.45, 2.75) is 9.79 Å². The van der Waals surface area contributed by atoms with Crippen molar-refractivity contribution in [3.63, 3.8) is 0 Å². The fourth-order valence-corrected chi connectivity index (χ4v) is 4.19. The molecule has 0 aliphatic heterocycles. The van der Waals surface area contributed by atoms with E-state index in [0.29, 0.717) is 0 Å². The van der Waals surface area contributed by atoms with Crippen molar-refractivity contribution in [3.05, 3.63) is 36.4 Å². The normalized spacial score (nSPS) is 12.3. The van der Waals surface area contributed by atoms with Crippen molar-refractivity contribution in [3.8, 4) is 11.1 Å². The number of hydrogen-bond acceptors (Lipinski definition) is 6. The summed E-state index contributed by atoms with van der Waals surface area (Å²) in [6.45, 7) is 0. The van der Waals surface area contributed by atoms with Crippen LogP contribution in [0.5, 0.6) is 0 Å². The summed E-state index contributed by atoms with van der Waals surface area (Å²) in [5, 5.41) is 0. The summed E-state index contributed by atoms with van der Waals surface area (Å²) in [4.78, 5) is -2.17. The van der Waals surface area contributed by atoms with E-state index in [1.54, 1.807) is 18.2 Å². The van der Waals surface area contributed by atoms with Crippen molar-refractivity contribution in [2.24, 2.45) is 0 Å². The Morgan fingerprint density at radius 3 is 1.77 bits per heavy atom. The Morgan fingerprint density at radius 2 is 1.32 bits per heavy atom. The lowest BCUT2D eigenvalue weighted by Crippen LogP contribution is -2.14. The van der Waals surface area contributed by atoms with Crippen LogP contribution in [0.1, 0.15) is 0 Å². The highest BCUT2D eigenvalue weighted by atomic mass is 32.2. The van der Waals surface area contributed by atoms with Crippen molar-refractivity contribution >= 4 is 31.6 Å². The van der Waals surface area contributed by atoms with Crippen LogP contribution in [0.15, 0.2) is 46.2 Å². The van der Waals surface area contributed by atoms with E-state index in [4.69, 9.17) is 11.5 Å². The lowest BCUT2D eigenvalue weighted by Gasteiger charge is -2.15. The van der Waals surface area contributed by atoms with E-state index in [1.165, 1.54) is 12.1 Å². The average molecular weight is 344 g/mol. The number of rotatable bonds is 3. The predicted octanol–water partition coefficient (Wildman–Crippen LogP) is 1.01. The molecule has 2 aromatic carbocycles. The third-order valence-electron chi connectivity index (χ3n) is 2.91. The van der Waals surface area contributed by atoms with Gasteiger partial charge >= 0.3 is 0 Å². The van der Waals surface area contributed by atoms with Crippen LogP contribution in [0, 0.1) is 0 Å². The van der Waals surface area contributed by atoms with Gasteiger partial charge in [0.05, 0.1) is 11.4 Å². The van der Waals surface area contributed by atoms with Gasteiger partial charge in [-0.15, -0.1) is 0 Å². The second-order valence-corrected chi connectivity index (χ2v) is 7.12. The highest BCUT2D eigenvalue weighted by Gasteiger charge is 2.31. The van der Waals surface area contributed by atoms with Gasteiger partial charge in [0.15, 0.2) is 0 Å². The quantitative estimate of drug-likeness (QED) is 0.474. The monoisotopic (exact) mass is 344 g/mol. The molecule has 8 nitrogen and oxygen atoms in total. The summed E-state index contributed by atoms with van der Waals surface area (Å²) < 4.78 is 64.9. The Hall–Kier alpha value is -2.14. The molecular weight excluding hydrogens is 332 g/mol. The fourth-order valence-electron chi connectivity index (χ4n) is 2.02. The molecule has 0 aliphatic carbocycles. The molecular formula is C12H12N2O6S2. The van der Waals surface area contributed by atoms with Crippen LogP contribution in [0.25, 0.3) is 11.1 Å². The highest BCUT2D eigenvalue weighted by Crippen LogP contribution is 2.39. The summed E-state index contributed by atoms with van der Waals surface area (Å²) in [5.74, 6) is 0. The first-order valence-electron chi connectivity index (χ1n) is 5.76. The van der Waals surface area contributed by atoms with Crippen LogP contribution < -0.4 is 11.5 Å². The van der Waals surface area contributed by atoms with E-state index < -0.39 is 35.7 Å². The van der Waals surface area contributed by atoms with Crippen LogP contribution >= 0.6 is 0 Å². The maximum atomic E-state index is 11.6. The minimum absolute atomic E-state index is 0.192. The van der Waals surface area contributed by atoms with Crippen LogP contribution in [0.3, 0.4) is 0 Å². The summed E-state index contributed by atoms with van der Waals surface area (Å²) in [5.41, 5.74) is 10.2. The van der Waals surface area contributed by atoms with E-state index in [1.807, 2.05) is 0 Å². The minimum atomic E-state index is -5.04. The van der Waals surface area contributed by atoms with Crippen molar-refractivity contribution < 1.29 is 25.9 Å². The topological polar surface area (TPSA) is 161 Å². The summed E-state index contributed by atoms with van der Waals surface area (Å²) in [6.07, 6.45) is 0. The van der Waals surface area contributed by atoms with Crippen LogP contribution in [0.2, 0.25) is 0 Å². The van der Waals surface area contributed by atoms with Crippen molar-refractivity contribution in [1.82, 2.24) is 0 Å². The summed E-state index contributed by atoms with van der Waals surface area (Å²) >= 11 is 0. The van der Waals surface area contributed by atoms with Gasteiger partial charge in [-0.1, -0.05) is 30.3 Å². The Morgan fingerprint density at radius 1 is 0.818 bits per heavy atom. The fraction of sp³-hybridized carbons (Fsp3) is 0. The molecule has 22 heavy (non-hydrogen) atoms. The van der Waals surface area contributed by atoms with Crippen LogP contribution in [-0.4, -0.2) is 25.9 Å². The molecule has 0 atom stereocenters. The van der Waals surface area contributed by atoms with E-state index in [2.05, 4.69) is 0 Å². The SMILES string of the molecule is Nc1cc(-c2ccccc2)c(S(=O)(=O)O)c(S(=O)(=O)O)c1N. The first kappa shape index (κ1) is 16.2. The number of benzene rings is 2. The number of nitrogen functional groups attached to an aromatic ring is 2. The Bertz CT molecular complexity index is 937. The predicted molar refractivity (Wildman–Crippen MR) is 80.3 cm³/mol. The molecule has 0 aromatic heterocycles. The third kappa shape index (κ3) is 2.90. The molecule has 6 N–H and O–H groups in total. The Labute approximate surface area is 126 Å². The highest BCUT2D eigenvalue weighted by molar-refractivity contribution is 7.89. The minimum Gasteiger partial charge on any atom is -0.397 e. The molecule has 10 heteroatoms. The Kier molecular flexibility index (Phi) is 3.87. The second-order valence-electron chi connectivity index (χ2n) is 4.40. The largest absolute Gasteiger partial charge is 0.397 e. The standard InChI is InChI=1S/C12H12N2O6S2/c13-9-6-8(7-4-2-1-3-5-7)11(21(15,16)17)12(10(9)14)22(18,19)20/h1-6H,13-14H2,(H,15,16,17)(H,18,19,20). The molecule has 0 spiro atoms. The molecule has 0 heterocycles. The molecule has 0 bridgehead atoms. The Balaban J connectivity index is 3.08. The van der Waals surface area contributed by atoms with Gasteiger partial charge in [0.25, 0.3) is 20.2 Å². The third-order valence-corrected chi connectivity index (χ3v) is 4.92. The van der Waals surface area contributed by atoms with E-state index >= 15 is 0 Å². The zero-order chi connectivity index (χ0) is 16.7. The van der Waals surface area contributed by atoms with Crippen molar-refractivity contribution in [2.75, 3.05) is 11.5 Å². The van der Waals surface area contributed by atoms with Gasteiger partial charge < -0.3 is 11.5 Å². The van der Waals surface area contributed by atoms with Gasteiger partial charge in [0, 0.05) is 5.56 Å². The molecule has 0 fully saturated rings. The van der Waals surface area contributed by atoms with E-state index in [0.717, 1.165) is 6.07 Å². The van der Waals surface area contributed by atoms with Gasteiger partial charge in [-0.3, -0.25) is 9.11 Å². The summed E-state index contributed by atoms with van der Waals surface area (Å²) in [7, 11) is -10.1. The molecule has 0 radical (unpaired) electrons. The second kappa shape index (κ2) is 5.25. The van der Waals surface area contributed by atoms with Gasteiger partial charge in [-0.05, 0) is 11.6 Å². The molecule has 2 rings (SSSR count). The molecule has 118 valence electrons. The average Bonchev–Trinajstić information content (AvgIpc) is 2.39. The van der Waals surface area contributed by atoms with Crippen LogP contribution in [0.4, 0.5) is 11.4 Å². The van der Waals surface area contributed by atoms with E-state index in [-0.39, 0.29) is 16.8 Å². The lowest BCUT2D eigenvalue weighted by atomic mass is 10.0. The smallest absolute Gasteiger partial charge is 0.298 e. The zero-order valence-corrected chi connectivity index (χ0v) is 12.6. The number of anilines is 2. The maximum Gasteiger partial charge on any atom is 0.298 e. The number of nitrogens with two attached hydrogens (primary N) is 2. The summed E-state index contributed by atoms with van der Waals surface area (Å²) in [6, 6.07) is 8.87. The molecule has 0 saturated carbocycles. The van der Waals surface area contributed by atoms with Gasteiger partial charge in [-0.25, -0.2) is 0 Å². The molecule has 2 aromatic rings. The van der Waals surface area contributed by atoms with Gasteiger partial charge in [0.2, 0.25) is 0 Å². The lowest BCUT2D eigenvalue weighted by molar-refractivity contribution is 0.467. The van der Waals surface area contributed by atoms with Gasteiger partial charge in [-0.2, -0.15) is 16.8 Å². The van der Waals surface area contributed by atoms with E-state index in [9.17, 15) is 25.9 Å².